The van der Waals surface area contributed by atoms with Gasteiger partial charge in [-0.2, -0.15) is 0 Å². The zero-order chi connectivity index (χ0) is 13.0. The Labute approximate surface area is 106 Å². The lowest BCUT2D eigenvalue weighted by molar-refractivity contribution is -0.119. The summed E-state index contributed by atoms with van der Waals surface area (Å²) in [5.41, 5.74) is 1.72. The molecule has 0 aliphatic heterocycles. The molecule has 18 heavy (non-hydrogen) atoms. The molecule has 2 aromatic rings. The van der Waals surface area contributed by atoms with Crippen molar-refractivity contribution in [3.05, 3.63) is 71.5 Å². The summed E-state index contributed by atoms with van der Waals surface area (Å²) in [6, 6.07) is 15.8. The van der Waals surface area contributed by atoms with Gasteiger partial charge >= 0.3 is 0 Å². The van der Waals surface area contributed by atoms with E-state index in [1.165, 1.54) is 12.1 Å². The molecule has 1 nitrogen and oxygen atoms in total. The first-order valence-electron chi connectivity index (χ1n) is 5.99. The van der Waals surface area contributed by atoms with Crippen LogP contribution in [0.4, 0.5) is 4.39 Å². The molecule has 0 N–H and O–H groups in total. The van der Waals surface area contributed by atoms with Gasteiger partial charge < -0.3 is 0 Å². The molecule has 0 bridgehead atoms. The quantitative estimate of drug-likeness (QED) is 0.798. The molecule has 0 aromatic heterocycles. The molecule has 0 heterocycles. The third-order valence-electron chi connectivity index (χ3n) is 3.05. The number of rotatable bonds is 4. The van der Waals surface area contributed by atoms with Crippen molar-refractivity contribution in [2.75, 3.05) is 0 Å². The predicted octanol–water partition coefficient (Wildman–Crippen LogP) is 3.74. The molecule has 92 valence electrons. The number of hydrogen-bond acceptors (Lipinski definition) is 1. The molecular formula is C16H15FO. The van der Waals surface area contributed by atoms with Crippen molar-refractivity contribution in [3.63, 3.8) is 0 Å². The Balaban J connectivity index is 2.09. The lowest BCUT2D eigenvalue weighted by Gasteiger charge is -2.10. The van der Waals surface area contributed by atoms with Crippen LogP contribution in [0.5, 0.6) is 0 Å². The van der Waals surface area contributed by atoms with E-state index >= 15 is 0 Å². The smallest absolute Gasteiger partial charge is 0.144 e. The maximum absolute atomic E-state index is 13.0. The molecule has 0 radical (unpaired) electrons. The van der Waals surface area contributed by atoms with Crippen LogP contribution >= 0.6 is 0 Å². The highest BCUT2D eigenvalue weighted by Gasteiger charge is 2.15. The van der Waals surface area contributed by atoms with Gasteiger partial charge in [-0.05, 0) is 23.3 Å². The average Bonchev–Trinajstić information content (AvgIpc) is 2.39. The first kappa shape index (κ1) is 12.5. The summed E-state index contributed by atoms with van der Waals surface area (Å²) in [6.07, 6.45) is 0.272. The van der Waals surface area contributed by atoms with Gasteiger partial charge in [0, 0.05) is 12.3 Å². The van der Waals surface area contributed by atoms with Gasteiger partial charge in [0.25, 0.3) is 0 Å². The van der Waals surface area contributed by atoms with Crippen LogP contribution in [0.3, 0.4) is 0 Å². The second kappa shape index (κ2) is 5.58. The summed E-state index contributed by atoms with van der Waals surface area (Å²) in [5.74, 6) is -0.353. The summed E-state index contributed by atoms with van der Waals surface area (Å²) in [5, 5.41) is 0. The zero-order valence-electron chi connectivity index (χ0n) is 10.3. The minimum Gasteiger partial charge on any atom is -0.299 e. The Morgan fingerprint density at radius 2 is 1.83 bits per heavy atom. The molecule has 0 aliphatic rings. The van der Waals surface area contributed by atoms with Crippen LogP contribution in [0, 0.1) is 5.82 Å². The fourth-order valence-corrected chi connectivity index (χ4v) is 1.93. The monoisotopic (exact) mass is 242 g/mol. The Bertz CT molecular complexity index is 534. The number of benzene rings is 2. The van der Waals surface area contributed by atoms with Gasteiger partial charge in [0.05, 0.1) is 0 Å². The third kappa shape index (κ3) is 3.04. The Hall–Kier alpha value is -1.96. The van der Waals surface area contributed by atoms with E-state index < -0.39 is 0 Å². The number of carbonyl (C=O) groups excluding carboxylic acids is 1. The number of hydrogen-bond donors (Lipinski definition) is 0. The first-order valence-corrected chi connectivity index (χ1v) is 5.99. The van der Waals surface area contributed by atoms with Gasteiger partial charge in [-0.3, -0.25) is 4.79 Å². The summed E-state index contributed by atoms with van der Waals surface area (Å²) in [6.45, 7) is 1.89. The standard InChI is InChI=1S/C16H15FO/c1-12(14-7-3-2-4-8-14)16(18)11-13-6-5-9-15(17)10-13/h2-10,12H,11H2,1H3. The first-order chi connectivity index (χ1) is 8.66. The molecule has 0 spiro atoms. The largest absolute Gasteiger partial charge is 0.299 e. The fraction of sp³-hybridized carbons (Fsp3) is 0.188. The van der Waals surface area contributed by atoms with Gasteiger partial charge in [0.2, 0.25) is 0 Å². The van der Waals surface area contributed by atoms with E-state index in [1.54, 1.807) is 12.1 Å². The Kier molecular flexibility index (Phi) is 3.88. The number of ketones is 1. The lowest BCUT2D eigenvalue weighted by Crippen LogP contribution is -2.12. The number of Topliss-reactive ketones (excluding diaryl/α,β-unsaturated/α-hetero) is 1. The molecule has 2 aromatic carbocycles. The highest BCUT2D eigenvalue weighted by atomic mass is 19.1. The summed E-state index contributed by atoms with van der Waals surface area (Å²) >= 11 is 0. The fourth-order valence-electron chi connectivity index (χ4n) is 1.93. The van der Waals surface area contributed by atoms with Crippen molar-refractivity contribution in [2.24, 2.45) is 0 Å². The Morgan fingerprint density at radius 1 is 1.11 bits per heavy atom. The molecule has 0 amide bonds. The molecular weight excluding hydrogens is 227 g/mol. The van der Waals surface area contributed by atoms with Crippen molar-refractivity contribution in [1.82, 2.24) is 0 Å². The molecule has 0 saturated carbocycles. The van der Waals surface area contributed by atoms with E-state index in [2.05, 4.69) is 0 Å². The van der Waals surface area contributed by atoms with Crippen molar-refractivity contribution >= 4 is 5.78 Å². The molecule has 1 atom stereocenters. The van der Waals surface area contributed by atoms with Gasteiger partial charge in [0.1, 0.15) is 11.6 Å². The molecule has 1 unspecified atom stereocenters. The molecule has 0 saturated heterocycles. The van der Waals surface area contributed by atoms with Crippen LogP contribution in [0.1, 0.15) is 24.0 Å². The normalized spacial score (nSPS) is 12.1. The van der Waals surface area contributed by atoms with E-state index in [9.17, 15) is 9.18 Å². The van der Waals surface area contributed by atoms with E-state index in [0.29, 0.717) is 0 Å². The minimum absolute atomic E-state index is 0.104. The van der Waals surface area contributed by atoms with E-state index in [0.717, 1.165) is 11.1 Å². The van der Waals surface area contributed by atoms with Crippen LogP contribution in [0.2, 0.25) is 0 Å². The van der Waals surface area contributed by atoms with Crippen LogP contribution in [0.25, 0.3) is 0 Å². The highest BCUT2D eigenvalue weighted by Crippen LogP contribution is 2.18. The van der Waals surface area contributed by atoms with Crippen LogP contribution < -0.4 is 0 Å². The lowest BCUT2D eigenvalue weighted by atomic mass is 9.93. The number of halogens is 1. The second-order valence-electron chi connectivity index (χ2n) is 4.41. The summed E-state index contributed by atoms with van der Waals surface area (Å²) < 4.78 is 13.0. The van der Waals surface area contributed by atoms with Crippen molar-refractivity contribution in [2.45, 2.75) is 19.3 Å². The number of carbonyl (C=O) groups is 1. The van der Waals surface area contributed by atoms with Crippen molar-refractivity contribution in [3.8, 4) is 0 Å². The molecule has 0 aliphatic carbocycles. The maximum Gasteiger partial charge on any atom is 0.144 e. The van der Waals surface area contributed by atoms with Crippen molar-refractivity contribution < 1.29 is 9.18 Å². The topological polar surface area (TPSA) is 17.1 Å². The highest BCUT2D eigenvalue weighted by molar-refractivity contribution is 5.87. The zero-order valence-corrected chi connectivity index (χ0v) is 10.3. The average molecular weight is 242 g/mol. The third-order valence-corrected chi connectivity index (χ3v) is 3.05. The second-order valence-corrected chi connectivity index (χ2v) is 4.41. The van der Waals surface area contributed by atoms with Gasteiger partial charge in [-0.1, -0.05) is 49.4 Å². The van der Waals surface area contributed by atoms with Crippen molar-refractivity contribution in [1.29, 1.82) is 0 Å². The minimum atomic E-state index is -0.298. The van der Waals surface area contributed by atoms with Crippen LogP contribution in [-0.4, -0.2) is 5.78 Å². The molecule has 2 rings (SSSR count). The summed E-state index contributed by atoms with van der Waals surface area (Å²) in [4.78, 5) is 12.1. The van der Waals surface area contributed by atoms with E-state index in [1.807, 2.05) is 37.3 Å². The van der Waals surface area contributed by atoms with Crippen LogP contribution in [0.15, 0.2) is 54.6 Å². The van der Waals surface area contributed by atoms with Gasteiger partial charge in [-0.15, -0.1) is 0 Å². The van der Waals surface area contributed by atoms with Gasteiger partial charge in [-0.25, -0.2) is 4.39 Å². The molecule has 2 heteroatoms. The van der Waals surface area contributed by atoms with E-state index in [-0.39, 0.29) is 23.9 Å². The summed E-state index contributed by atoms with van der Waals surface area (Å²) in [7, 11) is 0. The molecule has 0 fully saturated rings. The maximum atomic E-state index is 13.0. The van der Waals surface area contributed by atoms with Crippen LogP contribution in [-0.2, 0) is 11.2 Å². The predicted molar refractivity (Wildman–Crippen MR) is 70.0 cm³/mol. The van der Waals surface area contributed by atoms with E-state index in [4.69, 9.17) is 0 Å². The van der Waals surface area contributed by atoms with Gasteiger partial charge in [0.15, 0.2) is 0 Å². The SMILES string of the molecule is CC(C(=O)Cc1cccc(F)c1)c1ccccc1. The Morgan fingerprint density at radius 3 is 2.50 bits per heavy atom.